The molecule has 0 unspecified atom stereocenters. The summed E-state index contributed by atoms with van der Waals surface area (Å²) in [5.74, 6) is -0.471. The lowest BCUT2D eigenvalue weighted by Gasteiger charge is -2.21. The van der Waals surface area contributed by atoms with Crippen LogP contribution in [0.1, 0.15) is 42.5 Å². The van der Waals surface area contributed by atoms with E-state index in [-0.39, 0.29) is 5.15 Å². The van der Waals surface area contributed by atoms with Crippen molar-refractivity contribution in [3.05, 3.63) is 10.7 Å². The molecule has 4 nitrogen and oxygen atoms in total. The molecule has 0 aliphatic heterocycles. The van der Waals surface area contributed by atoms with Gasteiger partial charge >= 0.3 is 5.97 Å². The number of hydrogen-bond donors (Lipinski definition) is 0. The van der Waals surface area contributed by atoms with E-state index in [2.05, 4.69) is 9.97 Å². The molecule has 110 valence electrons. The van der Waals surface area contributed by atoms with E-state index in [4.69, 9.17) is 16.3 Å². The molecule has 7 heteroatoms. The number of aromatic nitrogens is 2. The number of halogens is 1. The van der Waals surface area contributed by atoms with Crippen LogP contribution in [0.4, 0.5) is 0 Å². The average Bonchev–Trinajstić information content (AvgIpc) is 2.47. The van der Waals surface area contributed by atoms with E-state index in [9.17, 15) is 4.79 Å². The van der Waals surface area contributed by atoms with E-state index in [1.54, 1.807) is 11.8 Å². The number of rotatable bonds is 4. The lowest BCUT2D eigenvalue weighted by Crippen LogP contribution is -2.12. The third kappa shape index (κ3) is 3.80. The Morgan fingerprint density at radius 3 is 2.60 bits per heavy atom. The van der Waals surface area contributed by atoms with Crippen molar-refractivity contribution in [1.82, 2.24) is 9.97 Å². The first kappa shape index (κ1) is 15.9. The van der Waals surface area contributed by atoms with Gasteiger partial charge in [-0.05, 0) is 19.1 Å². The standard InChI is InChI=1S/C13H17ClN2O2S2/c1-18-12(17)9-10(14)15-13(19-2)16-11(9)20-8-6-4-3-5-7-8/h8H,3-7H2,1-2H3. The van der Waals surface area contributed by atoms with Crippen molar-refractivity contribution in [2.24, 2.45) is 0 Å². The van der Waals surface area contributed by atoms with E-state index in [1.165, 1.54) is 38.1 Å². The highest BCUT2D eigenvalue weighted by Gasteiger charge is 2.24. The predicted octanol–water partition coefficient (Wildman–Crippen LogP) is 4.06. The third-order valence-electron chi connectivity index (χ3n) is 3.21. The number of thioether (sulfide) groups is 2. The number of ether oxygens (including phenoxy) is 1. The molecule has 1 heterocycles. The molecule has 1 aliphatic rings. The van der Waals surface area contributed by atoms with Crippen LogP contribution in [0.25, 0.3) is 0 Å². The molecule has 20 heavy (non-hydrogen) atoms. The molecule has 2 rings (SSSR count). The van der Waals surface area contributed by atoms with E-state index in [1.807, 2.05) is 6.26 Å². The normalized spacial score (nSPS) is 16.1. The van der Waals surface area contributed by atoms with Crippen molar-refractivity contribution >= 4 is 41.1 Å². The number of nitrogens with zero attached hydrogens (tertiary/aromatic N) is 2. The fraction of sp³-hybridized carbons (Fsp3) is 0.615. The van der Waals surface area contributed by atoms with Gasteiger partial charge in [0.05, 0.1) is 7.11 Å². The Hall–Kier alpha value is -0.460. The quantitative estimate of drug-likeness (QED) is 0.358. The Balaban J connectivity index is 2.31. The summed E-state index contributed by atoms with van der Waals surface area (Å²) in [6.07, 6.45) is 7.96. The van der Waals surface area contributed by atoms with Gasteiger partial charge in [-0.3, -0.25) is 0 Å². The zero-order chi connectivity index (χ0) is 14.5. The first-order valence-corrected chi connectivity index (χ1v) is 9.00. The molecule has 1 saturated carbocycles. The second kappa shape index (κ2) is 7.52. The first-order chi connectivity index (χ1) is 9.65. The summed E-state index contributed by atoms with van der Waals surface area (Å²) in [6, 6.07) is 0. The summed E-state index contributed by atoms with van der Waals surface area (Å²) in [5.41, 5.74) is 0.294. The fourth-order valence-electron chi connectivity index (χ4n) is 2.19. The highest BCUT2D eigenvalue weighted by atomic mass is 35.5. The molecule has 1 aliphatic carbocycles. The molecule has 0 amide bonds. The van der Waals surface area contributed by atoms with Crippen molar-refractivity contribution in [2.45, 2.75) is 47.5 Å². The minimum Gasteiger partial charge on any atom is -0.465 e. The Morgan fingerprint density at radius 2 is 2.00 bits per heavy atom. The zero-order valence-electron chi connectivity index (χ0n) is 11.5. The molecular formula is C13H17ClN2O2S2. The van der Waals surface area contributed by atoms with Gasteiger partial charge in [0.2, 0.25) is 0 Å². The van der Waals surface area contributed by atoms with Crippen LogP contribution in [-0.4, -0.2) is 34.6 Å². The maximum Gasteiger partial charge on any atom is 0.343 e. The van der Waals surface area contributed by atoms with Crippen molar-refractivity contribution in [2.75, 3.05) is 13.4 Å². The minimum atomic E-state index is -0.471. The van der Waals surface area contributed by atoms with Crippen LogP contribution in [0.5, 0.6) is 0 Å². The highest BCUT2D eigenvalue weighted by Crippen LogP contribution is 2.36. The summed E-state index contributed by atoms with van der Waals surface area (Å²) >= 11 is 9.17. The van der Waals surface area contributed by atoms with Gasteiger partial charge in [-0.1, -0.05) is 42.6 Å². The van der Waals surface area contributed by atoms with Crippen molar-refractivity contribution < 1.29 is 9.53 Å². The third-order valence-corrected chi connectivity index (χ3v) is 5.36. The highest BCUT2D eigenvalue weighted by molar-refractivity contribution is 8.00. The Morgan fingerprint density at radius 1 is 1.30 bits per heavy atom. The molecule has 0 atom stereocenters. The summed E-state index contributed by atoms with van der Waals surface area (Å²) in [7, 11) is 1.34. The molecule has 0 radical (unpaired) electrons. The molecule has 0 spiro atoms. The first-order valence-electron chi connectivity index (χ1n) is 6.52. The minimum absolute atomic E-state index is 0.175. The second-order valence-electron chi connectivity index (χ2n) is 4.55. The number of carbonyl (C=O) groups is 1. The summed E-state index contributed by atoms with van der Waals surface area (Å²) in [6.45, 7) is 0. The van der Waals surface area contributed by atoms with Gasteiger partial charge in [-0.25, -0.2) is 14.8 Å². The van der Waals surface area contributed by atoms with Crippen molar-refractivity contribution in [3.63, 3.8) is 0 Å². The fourth-order valence-corrected chi connectivity index (χ4v) is 4.28. The van der Waals surface area contributed by atoms with Gasteiger partial charge in [0.1, 0.15) is 15.7 Å². The van der Waals surface area contributed by atoms with Crippen LogP contribution in [-0.2, 0) is 4.74 Å². The van der Waals surface area contributed by atoms with E-state index in [0.717, 1.165) is 12.8 Å². The maximum atomic E-state index is 11.9. The summed E-state index contributed by atoms with van der Waals surface area (Å²) in [4.78, 5) is 20.5. The SMILES string of the molecule is COC(=O)c1c(Cl)nc(SC)nc1SC1CCCCC1. The monoisotopic (exact) mass is 332 g/mol. The Bertz CT molecular complexity index is 494. The van der Waals surface area contributed by atoms with Gasteiger partial charge in [0.25, 0.3) is 0 Å². The van der Waals surface area contributed by atoms with Gasteiger partial charge in [0, 0.05) is 5.25 Å². The molecule has 0 N–H and O–H groups in total. The number of methoxy groups -OCH3 is 1. The van der Waals surface area contributed by atoms with Crippen LogP contribution in [0.3, 0.4) is 0 Å². The zero-order valence-corrected chi connectivity index (χ0v) is 13.9. The number of carbonyl (C=O) groups excluding carboxylic acids is 1. The van der Waals surface area contributed by atoms with Crippen LogP contribution < -0.4 is 0 Å². The Kier molecular flexibility index (Phi) is 5.99. The smallest absolute Gasteiger partial charge is 0.343 e. The largest absolute Gasteiger partial charge is 0.465 e. The van der Waals surface area contributed by atoms with E-state index >= 15 is 0 Å². The van der Waals surface area contributed by atoms with Crippen LogP contribution in [0, 0.1) is 0 Å². The van der Waals surface area contributed by atoms with Gasteiger partial charge in [-0.15, -0.1) is 11.8 Å². The van der Waals surface area contributed by atoms with Crippen LogP contribution in [0.15, 0.2) is 10.2 Å². The van der Waals surface area contributed by atoms with Crippen LogP contribution in [0.2, 0.25) is 5.15 Å². The summed E-state index contributed by atoms with van der Waals surface area (Å²) in [5, 5.41) is 1.90. The van der Waals surface area contributed by atoms with Gasteiger partial charge in [-0.2, -0.15) is 0 Å². The number of hydrogen-bond acceptors (Lipinski definition) is 6. The lowest BCUT2D eigenvalue weighted by molar-refractivity contribution is 0.0595. The molecular weight excluding hydrogens is 316 g/mol. The molecule has 0 aromatic carbocycles. The topological polar surface area (TPSA) is 52.1 Å². The number of esters is 1. The van der Waals surface area contributed by atoms with E-state index in [0.29, 0.717) is 21.0 Å². The lowest BCUT2D eigenvalue weighted by atomic mass is 10.0. The average molecular weight is 333 g/mol. The van der Waals surface area contributed by atoms with Gasteiger partial charge < -0.3 is 4.74 Å². The summed E-state index contributed by atoms with van der Waals surface area (Å²) < 4.78 is 4.80. The predicted molar refractivity (Wildman–Crippen MR) is 82.9 cm³/mol. The van der Waals surface area contributed by atoms with Crippen molar-refractivity contribution in [3.8, 4) is 0 Å². The van der Waals surface area contributed by atoms with Gasteiger partial charge in [0.15, 0.2) is 5.16 Å². The molecule has 1 fully saturated rings. The molecule has 0 saturated heterocycles. The Labute approximate surface area is 132 Å². The van der Waals surface area contributed by atoms with Crippen molar-refractivity contribution in [1.29, 1.82) is 0 Å². The molecule has 0 bridgehead atoms. The maximum absolute atomic E-state index is 11.9. The van der Waals surface area contributed by atoms with E-state index < -0.39 is 5.97 Å². The molecule has 1 aromatic heterocycles. The molecule has 1 aromatic rings. The second-order valence-corrected chi connectivity index (χ2v) is 6.97. The van der Waals surface area contributed by atoms with Crippen LogP contribution >= 0.6 is 35.1 Å².